The number of likely N-dealkylation sites (tertiary alicyclic amines) is 1. The Bertz CT molecular complexity index is 199. The van der Waals surface area contributed by atoms with Gasteiger partial charge in [-0.05, 0) is 51.6 Å². The molecule has 16 heavy (non-hydrogen) atoms. The Labute approximate surface area is 101 Å². The second-order valence-corrected chi connectivity index (χ2v) is 5.73. The van der Waals surface area contributed by atoms with Crippen LogP contribution in [0.3, 0.4) is 0 Å². The average molecular weight is 224 g/mol. The quantitative estimate of drug-likeness (QED) is 0.790. The summed E-state index contributed by atoms with van der Waals surface area (Å²) < 4.78 is 0. The molecular formula is C14H28N2. The van der Waals surface area contributed by atoms with Gasteiger partial charge in [0.25, 0.3) is 0 Å². The van der Waals surface area contributed by atoms with E-state index >= 15 is 0 Å². The molecule has 1 heterocycles. The summed E-state index contributed by atoms with van der Waals surface area (Å²) in [6, 6.07) is 1.55. The number of rotatable bonds is 4. The molecule has 0 aromatic carbocycles. The van der Waals surface area contributed by atoms with Crippen molar-refractivity contribution in [1.29, 1.82) is 0 Å². The molecule has 2 heteroatoms. The molecule has 1 saturated carbocycles. The van der Waals surface area contributed by atoms with Gasteiger partial charge in [0, 0.05) is 18.6 Å². The zero-order valence-corrected chi connectivity index (χ0v) is 11.0. The fourth-order valence-electron chi connectivity index (χ4n) is 3.39. The maximum absolute atomic E-state index is 3.87. The summed E-state index contributed by atoms with van der Waals surface area (Å²) in [6.07, 6.45) is 8.53. The van der Waals surface area contributed by atoms with Crippen LogP contribution in [0.5, 0.6) is 0 Å². The van der Waals surface area contributed by atoms with Crippen molar-refractivity contribution in [2.45, 2.75) is 64.5 Å². The van der Waals surface area contributed by atoms with Gasteiger partial charge >= 0.3 is 0 Å². The maximum Gasteiger partial charge on any atom is 0.00818 e. The van der Waals surface area contributed by atoms with Gasteiger partial charge in [0.15, 0.2) is 0 Å². The van der Waals surface area contributed by atoms with Gasteiger partial charge in [0.05, 0.1) is 0 Å². The lowest BCUT2D eigenvalue weighted by Crippen LogP contribution is -2.46. The van der Waals surface area contributed by atoms with Crippen LogP contribution in [0.15, 0.2) is 0 Å². The summed E-state index contributed by atoms with van der Waals surface area (Å²) in [5, 5.41) is 3.87. The molecule has 0 bridgehead atoms. The predicted molar refractivity (Wildman–Crippen MR) is 69.7 cm³/mol. The molecular weight excluding hydrogens is 196 g/mol. The van der Waals surface area contributed by atoms with E-state index < -0.39 is 0 Å². The van der Waals surface area contributed by atoms with E-state index in [-0.39, 0.29) is 0 Å². The highest BCUT2D eigenvalue weighted by atomic mass is 15.1. The van der Waals surface area contributed by atoms with Crippen molar-refractivity contribution in [2.75, 3.05) is 19.6 Å². The standard InChI is InChI=1S/C14H28N2/c1-3-16-10-6-7-13(11-16)12(2)15-14-8-4-5-9-14/h12-15H,3-11H2,1-2H3. The first-order valence-electron chi connectivity index (χ1n) is 7.28. The molecule has 0 aromatic heterocycles. The molecule has 2 unspecified atom stereocenters. The molecule has 2 aliphatic rings. The van der Waals surface area contributed by atoms with E-state index in [0.717, 1.165) is 18.0 Å². The van der Waals surface area contributed by atoms with Crippen LogP contribution in [0.1, 0.15) is 52.4 Å². The van der Waals surface area contributed by atoms with Crippen molar-refractivity contribution < 1.29 is 0 Å². The Morgan fingerprint density at radius 2 is 1.94 bits per heavy atom. The smallest absolute Gasteiger partial charge is 0.00818 e. The third-order valence-electron chi connectivity index (χ3n) is 4.55. The molecule has 1 N–H and O–H groups in total. The highest BCUT2D eigenvalue weighted by Gasteiger charge is 2.26. The van der Waals surface area contributed by atoms with Gasteiger partial charge < -0.3 is 10.2 Å². The van der Waals surface area contributed by atoms with Gasteiger partial charge in [0.2, 0.25) is 0 Å². The summed E-state index contributed by atoms with van der Waals surface area (Å²) in [7, 11) is 0. The Balaban J connectivity index is 1.76. The second-order valence-electron chi connectivity index (χ2n) is 5.73. The highest BCUT2D eigenvalue weighted by molar-refractivity contribution is 4.84. The SMILES string of the molecule is CCN1CCCC(C(C)NC2CCCC2)C1. The Hall–Kier alpha value is -0.0800. The minimum absolute atomic E-state index is 0.720. The zero-order valence-electron chi connectivity index (χ0n) is 11.0. The van der Waals surface area contributed by atoms with Crippen LogP contribution in [0.25, 0.3) is 0 Å². The van der Waals surface area contributed by atoms with Crippen LogP contribution in [0.4, 0.5) is 0 Å². The fourth-order valence-corrected chi connectivity index (χ4v) is 3.39. The van der Waals surface area contributed by atoms with E-state index in [4.69, 9.17) is 0 Å². The lowest BCUT2D eigenvalue weighted by atomic mass is 9.91. The van der Waals surface area contributed by atoms with Crippen LogP contribution >= 0.6 is 0 Å². The second kappa shape index (κ2) is 6.02. The van der Waals surface area contributed by atoms with Gasteiger partial charge in [-0.3, -0.25) is 0 Å². The molecule has 2 fully saturated rings. The van der Waals surface area contributed by atoms with Gasteiger partial charge in [-0.15, -0.1) is 0 Å². The summed E-state index contributed by atoms with van der Waals surface area (Å²) in [5.74, 6) is 0.884. The van der Waals surface area contributed by atoms with Crippen molar-refractivity contribution in [1.82, 2.24) is 10.2 Å². The van der Waals surface area contributed by atoms with Crippen molar-refractivity contribution in [3.05, 3.63) is 0 Å². The Kier molecular flexibility index (Phi) is 4.66. The van der Waals surface area contributed by atoms with Gasteiger partial charge in [-0.25, -0.2) is 0 Å². The van der Waals surface area contributed by atoms with Crippen molar-refractivity contribution in [3.63, 3.8) is 0 Å². The molecule has 2 atom stereocenters. The Morgan fingerprint density at radius 1 is 1.19 bits per heavy atom. The zero-order chi connectivity index (χ0) is 11.4. The summed E-state index contributed by atoms with van der Waals surface area (Å²) >= 11 is 0. The van der Waals surface area contributed by atoms with E-state index in [1.54, 1.807) is 0 Å². The highest BCUT2D eigenvalue weighted by Crippen LogP contribution is 2.23. The molecule has 1 aliphatic heterocycles. The van der Waals surface area contributed by atoms with Crippen LogP contribution in [-0.4, -0.2) is 36.6 Å². The maximum atomic E-state index is 3.87. The normalized spacial score (nSPS) is 30.8. The van der Waals surface area contributed by atoms with Gasteiger partial charge in [0.1, 0.15) is 0 Å². The summed E-state index contributed by atoms with van der Waals surface area (Å²) in [6.45, 7) is 8.56. The van der Waals surface area contributed by atoms with E-state index in [0.29, 0.717) is 0 Å². The van der Waals surface area contributed by atoms with Crippen LogP contribution < -0.4 is 5.32 Å². The average Bonchev–Trinajstić information content (AvgIpc) is 2.82. The molecule has 2 rings (SSSR count). The topological polar surface area (TPSA) is 15.3 Å². The molecule has 0 radical (unpaired) electrons. The number of nitrogens with zero attached hydrogens (tertiary/aromatic N) is 1. The molecule has 2 nitrogen and oxygen atoms in total. The van der Waals surface area contributed by atoms with Gasteiger partial charge in [-0.2, -0.15) is 0 Å². The first-order valence-corrected chi connectivity index (χ1v) is 7.28. The number of piperidine rings is 1. The van der Waals surface area contributed by atoms with Crippen LogP contribution in [-0.2, 0) is 0 Å². The number of hydrogen-bond donors (Lipinski definition) is 1. The van der Waals surface area contributed by atoms with Gasteiger partial charge in [-0.1, -0.05) is 19.8 Å². The van der Waals surface area contributed by atoms with E-state index in [1.807, 2.05) is 0 Å². The van der Waals surface area contributed by atoms with E-state index in [9.17, 15) is 0 Å². The molecule has 1 aliphatic carbocycles. The third-order valence-corrected chi connectivity index (χ3v) is 4.55. The lowest BCUT2D eigenvalue weighted by molar-refractivity contribution is 0.152. The lowest BCUT2D eigenvalue weighted by Gasteiger charge is -2.36. The van der Waals surface area contributed by atoms with E-state index in [1.165, 1.54) is 58.2 Å². The number of nitrogens with one attached hydrogen (secondary N) is 1. The third kappa shape index (κ3) is 3.21. The van der Waals surface area contributed by atoms with Crippen molar-refractivity contribution in [2.24, 2.45) is 5.92 Å². The number of hydrogen-bond acceptors (Lipinski definition) is 2. The van der Waals surface area contributed by atoms with Crippen molar-refractivity contribution >= 4 is 0 Å². The first-order chi connectivity index (χ1) is 7.79. The molecule has 94 valence electrons. The molecule has 0 amide bonds. The van der Waals surface area contributed by atoms with E-state index in [2.05, 4.69) is 24.1 Å². The fraction of sp³-hybridized carbons (Fsp3) is 1.00. The Morgan fingerprint density at radius 3 is 2.62 bits per heavy atom. The monoisotopic (exact) mass is 224 g/mol. The first kappa shape index (κ1) is 12.4. The molecule has 1 saturated heterocycles. The predicted octanol–water partition coefficient (Wildman–Crippen LogP) is 2.64. The summed E-state index contributed by atoms with van der Waals surface area (Å²) in [4.78, 5) is 2.61. The minimum Gasteiger partial charge on any atom is -0.311 e. The largest absolute Gasteiger partial charge is 0.311 e. The van der Waals surface area contributed by atoms with Crippen LogP contribution in [0.2, 0.25) is 0 Å². The molecule has 0 spiro atoms. The molecule has 0 aromatic rings. The minimum atomic E-state index is 0.720. The summed E-state index contributed by atoms with van der Waals surface area (Å²) in [5.41, 5.74) is 0. The van der Waals surface area contributed by atoms with Crippen LogP contribution in [0, 0.1) is 5.92 Å². The van der Waals surface area contributed by atoms with Crippen molar-refractivity contribution in [3.8, 4) is 0 Å².